The van der Waals surface area contributed by atoms with E-state index in [0.717, 1.165) is 24.2 Å². The van der Waals surface area contributed by atoms with Crippen LogP contribution in [0.15, 0.2) is 24.3 Å². The van der Waals surface area contributed by atoms with Crippen LogP contribution < -0.4 is 10.1 Å². The minimum atomic E-state index is 0.0449. The Labute approximate surface area is 102 Å². The lowest BCUT2D eigenvalue weighted by molar-refractivity contribution is -0.122. The molecule has 1 atom stereocenters. The third-order valence-electron chi connectivity index (χ3n) is 2.98. The SMILES string of the molecule is CCOc1cccc([C@@H](C)NC(=O)C2CC2)c1. The molecule has 3 heteroatoms. The van der Waals surface area contributed by atoms with E-state index in [1.807, 2.05) is 38.1 Å². The zero-order chi connectivity index (χ0) is 12.3. The average Bonchev–Trinajstić information content (AvgIpc) is 3.13. The molecule has 3 nitrogen and oxygen atoms in total. The van der Waals surface area contributed by atoms with Crippen molar-refractivity contribution in [3.63, 3.8) is 0 Å². The van der Waals surface area contributed by atoms with Crippen molar-refractivity contribution in [3.05, 3.63) is 29.8 Å². The maximum atomic E-state index is 11.7. The number of hydrogen-bond donors (Lipinski definition) is 1. The Morgan fingerprint density at radius 2 is 2.29 bits per heavy atom. The summed E-state index contributed by atoms with van der Waals surface area (Å²) in [4.78, 5) is 11.7. The Hall–Kier alpha value is -1.51. The molecular formula is C14H19NO2. The molecule has 1 aromatic rings. The summed E-state index contributed by atoms with van der Waals surface area (Å²) >= 11 is 0. The Kier molecular flexibility index (Phi) is 3.67. The highest BCUT2D eigenvalue weighted by molar-refractivity contribution is 5.81. The molecule has 0 spiro atoms. The maximum absolute atomic E-state index is 11.7. The standard InChI is InChI=1S/C14H19NO2/c1-3-17-13-6-4-5-12(9-13)10(2)15-14(16)11-7-8-11/h4-6,9-11H,3,7-8H2,1-2H3,(H,15,16)/t10-/m1/s1. The van der Waals surface area contributed by atoms with E-state index >= 15 is 0 Å². The van der Waals surface area contributed by atoms with Gasteiger partial charge >= 0.3 is 0 Å². The molecule has 1 aromatic carbocycles. The lowest BCUT2D eigenvalue weighted by atomic mass is 10.1. The zero-order valence-electron chi connectivity index (χ0n) is 10.4. The van der Waals surface area contributed by atoms with Gasteiger partial charge in [-0.2, -0.15) is 0 Å². The number of amides is 1. The van der Waals surface area contributed by atoms with E-state index in [4.69, 9.17) is 4.74 Å². The van der Waals surface area contributed by atoms with Crippen LogP contribution in [0.5, 0.6) is 5.75 Å². The molecule has 1 fully saturated rings. The van der Waals surface area contributed by atoms with Crippen LogP contribution in [0.3, 0.4) is 0 Å². The number of benzene rings is 1. The van der Waals surface area contributed by atoms with Gasteiger partial charge in [0.2, 0.25) is 5.91 Å². The van der Waals surface area contributed by atoms with Crippen molar-refractivity contribution >= 4 is 5.91 Å². The second-order valence-corrected chi connectivity index (χ2v) is 4.51. The van der Waals surface area contributed by atoms with Gasteiger partial charge in [-0.1, -0.05) is 12.1 Å². The van der Waals surface area contributed by atoms with Crippen LogP contribution >= 0.6 is 0 Å². The van der Waals surface area contributed by atoms with E-state index in [0.29, 0.717) is 6.61 Å². The van der Waals surface area contributed by atoms with Crippen LogP contribution in [0.4, 0.5) is 0 Å². The predicted molar refractivity (Wildman–Crippen MR) is 66.9 cm³/mol. The van der Waals surface area contributed by atoms with Gasteiger partial charge in [0, 0.05) is 5.92 Å². The predicted octanol–water partition coefficient (Wildman–Crippen LogP) is 2.67. The number of hydrogen-bond acceptors (Lipinski definition) is 2. The van der Waals surface area contributed by atoms with Crippen molar-refractivity contribution in [1.82, 2.24) is 5.32 Å². The molecule has 1 amide bonds. The molecule has 0 bridgehead atoms. The molecule has 0 aliphatic heterocycles. The van der Waals surface area contributed by atoms with Gasteiger partial charge in [-0.3, -0.25) is 4.79 Å². The van der Waals surface area contributed by atoms with Gasteiger partial charge in [0.25, 0.3) is 0 Å². The van der Waals surface area contributed by atoms with Crippen LogP contribution in [0.25, 0.3) is 0 Å². The van der Waals surface area contributed by atoms with Crippen LogP contribution in [-0.4, -0.2) is 12.5 Å². The lowest BCUT2D eigenvalue weighted by Gasteiger charge is -2.15. The minimum absolute atomic E-state index is 0.0449. The third kappa shape index (κ3) is 3.22. The minimum Gasteiger partial charge on any atom is -0.494 e. The second-order valence-electron chi connectivity index (χ2n) is 4.51. The molecule has 0 aromatic heterocycles. The Bertz CT molecular complexity index is 399. The highest BCUT2D eigenvalue weighted by Crippen LogP contribution is 2.30. The fourth-order valence-electron chi connectivity index (χ4n) is 1.80. The van der Waals surface area contributed by atoms with Gasteiger partial charge in [0.15, 0.2) is 0 Å². The summed E-state index contributed by atoms with van der Waals surface area (Å²) in [6.45, 7) is 4.63. The largest absolute Gasteiger partial charge is 0.494 e. The van der Waals surface area contributed by atoms with E-state index in [-0.39, 0.29) is 17.9 Å². The molecule has 0 radical (unpaired) electrons. The van der Waals surface area contributed by atoms with Crippen molar-refractivity contribution in [2.45, 2.75) is 32.7 Å². The van der Waals surface area contributed by atoms with Crippen LogP contribution in [0.1, 0.15) is 38.3 Å². The van der Waals surface area contributed by atoms with Gasteiger partial charge in [-0.05, 0) is 44.4 Å². The highest BCUT2D eigenvalue weighted by atomic mass is 16.5. The van der Waals surface area contributed by atoms with Crippen LogP contribution in [0, 0.1) is 5.92 Å². The smallest absolute Gasteiger partial charge is 0.223 e. The maximum Gasteiger partial charge on any atom is 0.223 e. The van der Waals surface area contributed by atoms with Crippen molar-refractivity contribution in [2.24, 2.45) is 5.92 Å². The summed E-state index contributed by atoms with van der Waals surface area (Å²) in [7, 11) is 0. The Balaban J connectivity index is 1.99. The zero-order valence-corrected chi connectivity index (χ0v) is 10.4. The summed E-state index contributed by atoms with van der Waals surface area (Å²) in [5.41, 5.74) is 1.09. The normalized spacial score (nSPS) is 16.4. The van der Waals surface area contributed by atoms with Gasteiger partial charge in [0.05, 0.1) is 12.6 Å². The first-order chi connectivity index (χ1) is 8.20. The number of carbonyl (C=O) groups is 1. The summed E-state index contributed by atoms with van der Waals surface area (Å²) in [5.74, 6) is 1.30. The van der Waals surface area contributed by atoms with E-state index in [2.05, 4.69) is 5.32 Å². The quantitative estimate of drug-likeness (QED) is 0.849. The van der Waals surface area contributed by atoms with Crippen molar-refractivity contribution in [1.29, 1.82) is 0 Å². The van der Waals surface area contributed by atoms with E-state index in [1.54, 1.807) is 0 Å². The molecule has 92 valence electrons. The van der Waals surface area contributed by atoms with E-state index in [1.165, 1.54) is 0 Å². The first-order valence-corrected chi connectivity index (χ1v) is 6.24. The first kappa shape index (κ1) is 12.0. The van der Waals surface area contributed by atoms with Gasteiger partial charge < -0.3 is 10.1 Å². The number of rotatable bonds is 5. The van der Waals surface area contributed by atoms with Crippen molar-refractivity contribution in [2.75, 3.05) is 6.61 Å². The van der Waals surface area contributed by atoms with E-state index < -0.39 is 0 Å². The second kappa shape index (κ2) is 5.21. The Morgan fingerprint density at radius 1 is 1.53 bits per heavy atom. The van der Waals surface area contributed by atoms with Gasteiger partial charge in [-0.15, -0.1) is 0 Å². The molecular weight excluding hydrogens is 214 g/mol. The summed E-state index contributed by atoms with van der Waals surface area (Å²) in [6, 6.07) is 7.94. The molecule has 1 saturated carbocycles. The summed E-state index contributed by atoms with van der Waals surface area (Å²) in [5, 5.41) is 3.03. The fraction of sp³-hybridized carbons (Fsp3) is 0.500. The molecule has 17 heavy (non-hydrogen) atoms. The Morgan fingerprint density at radius 3 is 2.94 bits per heavy atom. The first-order valence-electron chi connectivity index (χ1n) is 6.24. The van der Waals surface area contributed by atoms with Crippen LogP contribution in [0.2, 0.25) is 0 Å². The summed E-state index contributed by atoms with van der Waals surface area (Å²) in [6.07, 6.45) is 2.08. The number of ether oxygens (including phenoxy) is 1. The van der Waals surface area contributed by atoms with E-state index in [9.17, 15) is 4.79 Å². The monoisotopic (exact) mass is 233 g/mol. The number of carbonyl (C=O) groups excluding carboxylic acids is 1. The van der Waals surface area contributed by atoms with Crippen molar-refractivity contribution < 1.29 is 9.53 Å². The fourth-order valence-corrected chi connectivity index (χ4v) is 1.80. The summed E-state index contributed by atoms with van der Waals surface area (Å²) < 4.78 is 5.45. The van der Waals surface area contributed by atoms with Gasteiger partial charge in [-0.25, -0.2) is 0 Å². The molecule has 2 rings (SSSR count). The average molecular weight is 233 g/mol. The lowest BCUT2D eigenvalue weighted by Crippen LogP contribution is -2.27. The highest BCUT2D eigenvalue weighted by Gasteiger charge is 2.30. The molecule has 0 heterocycles. The van der Waals surface area contributed by atoms with Crippen LogP contribution in [-0.2, 0) is 4.79 Å². The van der Waals surface area contributed by atoms with Gasteiger partial charge in [0.1, 0.15) is 5.75 Å². The number of nitrogens with one attached hydrogen (secondary N) is 1. The topological polar surface area (TPSA) is 38.3 Å². The molecule has 0 saturated heterocycles. The molecule has 1 N–H and O–H groups in total. The van der Waals surface area contributed by atoms with Crippen molar-refractivity contribution in [3.8, 4) is 5.75 Å². The molecule has 1 aliphatic rings. The third-order valence-corrected chi connectivity index (χ3v) is 2.98. The molecule has 0 unspecified atom stereocenters. The molecule has 1 aliphatic carbocycles.